The van der Waals surface area contributed by atoms with Gasteiger partial charge in [-0.2, -0.15) is 0 Å². The molecular weight excluding hydrogens is 348 g/mol. The molecular formula is C17H21BrO2S. The summed E-state index contributed by atoms with van der Waals surface area (Å²) in [5, 5.41) is 0. The Labute approximate surface area is 139 Å². The highest BCUT2D eigenvalue weighted by atomic mass is 79.9. The largest absolute Gasteiger partial charge is 0.469 e. The molecule has 0 saturated heterocycles. The van der Waals surface area contributed by atoms with Gasteiger partial charge in [0.15, 0.2) is 0 Å². The van der Waals surface area contributed by atoms with E-state index in [-0.39, 0.29) is 11.4 Å². The molecule has 0 amide bonds. The smallest absolute Gasteiger partial charge is 0.311 e. The van der Waals surface area contributed by atoms with E-state index in [1.54, 1.807) is 0 Å². The molecule has 4 rings (SSSR count). The molecule has 3 aliphatic rings. The van der Waals surface area contributed by atoms with Crippen LogP contribution in [0.3, 0.4) is 0 Å². The summed E-state index contributed by atoms with van der Waals surface area (Å²) in [6.45, 7) is 0. The van der Waals surface area contributed by atoms with Gasteiger partial charge in [-0.1, -0.05) is 15.9 Å². The van der Waals surface area contributed by atoms with Crippen molar-refractivity contribution in [1.82, 2.24) is 0 Å². The third-order valence-corrected chi connectivity index (χ3v) is 7.27. The average Bonchev–Trinajstić information content (AvgIpc) is 2.55. The molecule has 3 fully saturated rings. The van der Waals surface area contributed by atoms with Crippen LogP contribution in [0.1, 0.15) is 38.5 Å². The van der Waals surface area contributed by atoms with Crippen LogP contribution in [-0.4, -0.2) is 18.8 Å². The Bertz CT molecular complexity index is 502. The molecule has 4 heteroatoms. The molecule has 21 heavy (non-hydrogen) atoms. The Morgan fingerprint density at radius 2 is 1.71 bits per heavy atom. The zero-order valence-electron chi connectivity index (χ0n) is 12.4. The summed E-state index contributed by atoms with van der Waals surface area (Å²) >= 11 is 5.44. The fraction of sp³-hybridized carbons (Fsp3) is 0.588. The number of fused-ring (bicyclic) bond motifs is 3. The van der Waals surface area contributed by atoms with Crippen LogP contribution in [0.4, 0.5) is 0 Å². The first kappa shape index (κ1) is 15.4. The predicted molar refractivity (Wildman–Crippen MR) is 89.5 cm³/mol. The fourth-order valence-corrected chi connectivity index (χ4v) is 5.27. The molecule has 3 aliphatic carbocycles. The highest BCUT2D eigenvalue weighted by Crippen LogP contribution is 2.58. The van der Waals surface area contributed by atoms with Crippen molar-refractivity contribution in [3.63, 3.8) is 0 Å². The second-order valence-electron chi connectivity index (χ2n) is 6.51. The van der Waals surface area contributed by atoms with Crippen LogP contribution in [0.15, 0.2) is 33.6 Å². The van der Waals surface area contributed by atoms with Crippen LogP contribution in [0.5, 0.6) is 0 Å². The third kappa shape index (κ3) is 3.02. The Kier molecular flexibility index (Phi) is 4.37. The lowest BCUT2D eigenvalue weighted by molar-refractivity contribution is -0.161. The van der Waals surface area contributed by atoms with E-state index >= 15 is 0 Å². The molecule has 0 N–H and O–H groups in total. The number of rotatable bonds is 4. The summed E-state index contributed by atoms with van der Waals surface area (Å²) in [5.41, 5.74) is 0.284. The van der Waals surface area contributed by atoms with E-state index in [1.807, 2.05) is 11.8 Å². The lowest BCUT2D eigenvalue weighted by Crippen LogP contribution is -2.47. The molecule has 0 spiro atoms. The molecule has 0 heterocycles. The predicted octanol–water partition coefficient (Wildman–Crippen LogP) is 5.05. The molecule has 0 atom stereocenters. The van der Waals surface area contributed by atoms with E-state index in [4.69, 9.17) is 4.74 Å². The normalized spacial score (nSPS) is 31.1. The number of ether oxygens (including phenoxy) is 1. The number of hydrogen-bond acceptors (Lipinski definition) is 3. The maximum Gasteiger partial charge on any atom is 0.311 e. The quantitative estimate of drug-likeness (QED) is 0.549. The van der Waals surface area contributed by atoms with Crippen LogP contribution >= 0.6 is 27.7 Å². The molecule has 0 aliphatic heterocycles. The number of benzene rings is 1. The monoisotopic (exact) mass is 368 g/mol. The van der Waals surface area contributed by atoms with E-state index in [1.165, 1.54) is 37.0 Å². The van der Waals surface area contributed by atoms with Gasteiger partial charge in [-0.05, 0) is 68.2 Å². The number of hydrogen-bond donors (Lipinski definition) is 0. The molecule has 1 aromatic carbocycles. The molecule has 2 bridgehead atoms. The first-order valence-electron chi connectivity index (χ1n) is 7.54. The standard InChI is InChI=1S/C17H21BrO2S/c1-20-15(19)17-9-6-16(7-10-17,8-11-17)12-21-14-4-2-13(18)3-5-14/h2-5H,6-12H2,1H3. The summed E-state index contributed by atoms with van der Waals surface area (Å²) in [6.07, 6.45) is 6.56. The molecule has 0 radical (unpaired) electrons. The van der Waals surface area contributed by atoms with Crippen LogP contribution in [0.25, 0.3) is 0 Å². The number of carbonyl (C=O) groups is 1. The zero-order chi connectivity index (χ0) is 14.9. The topological polar surface area (TPSA) is 26.3 Å². The van der Waals surface area contributed by atoms with E-state index < -0.39 is 0 Å². The molecule has 114 valence electrons. The lowest BCUT2D eigenvalue weighted by Gasteiger charge is -2.51. The summed E-state index contributed by atoms with van der Waals surface area (Å²) in [4.78, 5) is 13.4. The number of esters is 1. The number of thioether (sulfide) groups is 1. The molecule has 0 unspecified atom stereocenters. The minimum atomic E-state index is -0.154. The Morgan fingerprint density at radius 3 is 2.24 bits per heavy atom. The highest BCUT2D eigenvalue weighted by molar-refractivity contribution is 9.10. The minimum absolute atomic E-state index is 0.0244. The average molecular weight is 369 g/mol. The van der Waals surface area contributed by atoms with Crippen molar-refractivity contribution in [2.45, 2.75) is 43.4 Å². The second kappa shape index (κ2) is 5.96. The van der Waals surface area contributed by atoms with Crippen LogP contribution in [0.2, 0.25) is 0 Å². The van der Waals surface area contributed by atoms with Gasteiger partial charge in [0.05, 0.1) is 12.5 Å². The SMILES string of the molecule is COC(=O)C12CCC(CSc3ccc(Br)cc3)(CC1)CC2. The maximum atomic E-state index is 12.0. The second-order valence-corrected chi connectivity index (χ2v) is 8.48. The van der Waals surface area contributed by atoms with Crippen molar-refractivity contribution in [1.29, 1.82) is 0 Å². The molecule has 2 nitrogen and oxygen atoms in total. The third-order valence-electron chi connectivity index (χ3n) is 5.38. The fourth-order valence-electron chi connectivity index (χ4n) is 3.77. The van der Waals surface area contributed by atoms with E-state index in [9.17, 15) is 4.79 Å². The van der Waals surface area contributed by atoms with Crippen molar-refractivity contribution in [3.05, 3.63) is 28.7 Å². The number of carbonyl (C=O) groups excluding carboxylic acids is 1. The van der Waals surface area contributed by atoms with Crippen molar-refractivity contribution in [2.24, 2.45) is 10.8 Å². The lowest BCUT2D eigenvalue weighted by atomic mass is 9.54. The van der Waals surface area contributed by atoms with E-state index in [2.05, 4.69) is 40.2 Å². The van der Waals surface area contributed by atoms with Gasteiger partial charge in [-0.3, -0.25) is 4.79 Å². The van der Waals surface area contributed by atoms with Crippen LogP contribution in [0, 0.1) is 10.8 Å². The zero-order valence-corrected chi connectivity index (χ0v) is 14.8. The molecule has 0 aromatic heterocycles. The van der Waals surface area contributed by atoms with Crippen LogP contribution < -0.4 is 0 Å². The van der Waals surface area contributed by atoms with Gasteiger partial charge < -0.3 is 4.74 Å². The van der Waals surface area contributed by atoms with Crippen molar-refractivity contribution >= 4 is 33.7 Å². The minimum Gasteiger partial charge on any atom is -0.469 e. The summed E-state index contributed by atoms with van der Waals surface area (Å²) in [7, 11) is 1.52. The van der Waals surface area contributed by atoms with Gasteiger partial charge in [-0.15, -0.1) is 11.8 Å². The van der Waals surface area contributed by atoms with Gasteiger partial charge >= 0.3 is 5.97 Å². The number of methoxy groups -OCH3 is 1. The van der Waals surface area contributed by atoms with E-state index in [0.717, 1.165) is 23.7 Å². The Morgan fingerprint density at radius 1 is 1.14 bits per heavy atom. The van der Waals surface area contributed by atoms with Crippen molar-refractivity contribution in [2.75, 3.05) is 12.9 Å². The van der Waals surface area contributed by atoms with Crippen molar-refractivity contribution < 1.29 is 9.53 Å². The summed E-state index contributed by atoms with van der Waals surface area (Å²) in [6, 6.07) is 8.56. The summed E-state index contributed by atoms with van der Waals surface area (Å²) < 4.78 is 6.16. The Hall–Kier alpha value is -0.480. The number of halogens is 1. The van der Waals surface area contributed by atoms with Crippen molar-refractivity contribution in [3.8, 4) is 0 Å². The van der Waals surface area contributed by atoms with Gasteiger partial charge in [0, 0.05) is 15.1 Å². The van der Waals surface area contributed by atoms with Crippen LogP contribution in [-0.2, 0) is 9.53 Å². The maximum absolute atomic E-state index is 12.0. The first-order valence-corrected chi connectivity index (χ1v) is 9.32. The van der Waals surface area contributed by atoms with E-state index in [0.29, 0.717) is 5.41 Å². The molecule has 1 aromatic rings. The molecule has 3 saturated carbocycles. The summed E-state index contributed by atoms with van der Waals surface area (Å²) in [5.74, 6) is 1.20. The first-order chi connectivity index (χ1) is 10.1. The Balaban J connectivity index is 1.61. The highest BCUT2D eigenvalue weighted by Gasteiger charge is 2.52. The van der Waals surface area contributed by atoms with Gasteiger partial charge in [-0.25, -0.2) is 0 Å². The van der Waals surface area contributed by atoms with Gasteiger partial charge in [0.25, 0.3) is 0 Å². The van der Waals surface area contributed by atoms with Gasteiger partial charge in [0.2, 0.25) is 0 Å². The van der Waals surface area contributed by atoms with Gasteiger partial charge in [0.1, 0.15) is 0 Å².